The summed E-state index contributed by atoms with van der Waals surface area (Å²) >= 11 is 0. The van der Waals surface area contributed by atoms with E-state index in [9.17, 15) is 4.39 Å². The number of halogens is 1. The van der Waals surface area contributed by atoms with Gasteiger partial charge in [0.2, 0.25) is 5.95 Å². The highest BCUT2D eigenvalue weighted by Gasteiger charge is 2.05. The summed E-state index contributed by atoms with van der Waals surface area (Å²) in [5, 5.41) is 3.21. The Hall–Kier alpha value is -1.62. The van der Waals surface area contributed by atoms with Crippen molar-refractivity contribution in [2.75, 3.05) is 25.5 Å². The normalized spacial score (nSPS) is 11.7. The summed E-state index contributed by atoms with van der Waals surface area (Å²) in [4.78, 5) is 9.65. The van der Waals surface area contributed by atoms with Crippen LogP contribution in [-0.4, -0.2) is 41.0 Å². The first-order chi connectivity index (χ1) is 8.56. The Kier molecular flexibility index (Phi) is 3.81. The molecule has 0 saturated heterocycles. The Bertz CT molecular complexity index is 521. The average Bonchev–Trinajstić information content (AvgIpc) is 2.70. The third kappa shape index (κ3) is 2.98. The van der Waals surface area contributed by atoms with Gasteiger partial charge in [0.1, 0.15) is 5.82 Å². The third-order valence-electron chi connectivity index (χ3n) is 3.08. The second kappa shape index (κ2) is 5.35. The number of imidazole rings is 1. The molecule has 98 valence electrons. The molecule has 0 fully saturated rings. The Morgan fingerprint density at radius 1 is 1.44 bits per heavy atom. The predicted octanol–water partition coefficient (Wildman–Crippen LogP) is 2.45. The van der Waals surface area contributed by atoms with Gasteiger partial charge < -0.3 is 15.2 Å². The molecule has 0 unspecified atom stereocenters. The van der Waals surface area contributed by atoms with Crippen LogP contribution < -0.4 is 5.32 Å². The number of benzene rings is 1. The molecule has 4 nitrogen and oxygen atoms in total. The number of rotatable bonds is 5. The molecule has 1 aromatic heterocycles. The summed E-state index contributed by atoms with van der Waals surface area (Å²) in [6.45, 7) is 6.05. The third-order valence-corrected chi connectivity index (χ3v) is 3.08. The number of fused-ring (bicyclic) bond motifs is 1. The molecular formula is C13H19FN4. The van der Waals surface area contributed by atoms with Gasteiger partial charge >= 0.3 is 0 Å². The summed E-state index contributed by atoms with van der Waals surface area (Å²) in [7, 11) is 2.08. The maximum atomic E-state index is 13.0. The van der Waals surface area contributed by atoms with Crippen molar-refractivity contribution in [3.05, 3.63) is 24.0 Å². The maximum absolute atomic E-state index is 13.0. The lowest BCUT2D eigenvalue weighted by Crippen LogP contribution is -2.31. The zero-order chi connectivity index (χ0) is 13.1. The van der Waals surface area contributed by atoms with Crippen molar-refractivity contribution in [2.45, 2.75) is 19.9 Å². The van der Waals surface area contributed by atoms with Crippen LogP contribution in [0.4, 0.5) is 10.3 Å². The number of nitrogens with zero attached hydrogens (tertiary/aromatic N) is 2. The van der Waals surface area contributed by atoms with Crippen molar-refractivity contribution in [2.24, 2.45) is 0 Å². The van der Waals surface area contributed by atoms with E-state index in [1.807, 2.05) is 0 Å². The van der Waals surface area contributed by atoms with Gasteiger partial charge in [0, 0.05) is 19.1 Å². The largest absolute Gasteiger partial charge is 0.355 e. The molecule has 0 bridgehead atoms. The van der Waals surface area contributed by atoms with E-state index in [0.717, 1.165) is 24.1 Å². The SMILES string of the molecule is CC(C)N(C)CCNc1nc2ccc(F)cc2[nH]1. The lowest BCUT2D eigenvalue weighted by Gasteiger charge is -2.20. The van der Waals surface area contributed by atoms with Crippen molar-refractivity contribution in [1.29, 1.82) is 0 Å². The van der Waals surface area contributed by atoms with E-state index in [2.05, 4.69) is 41.1 Å². The molecule has 2 aromatic rings. The highest BCUT2D eigenvalue weighted by Crippen LogP contribution is 2.15. The first-order valence-electron chi connectivity index (χ1n) is 6.15. The molecule has 0 radical (unpaired) electrons. The predicted molar refractivity (Wildman–Crippen MR) is 72.3 cm³/mol. The van der Waals surface area contributed by atoms with Gasteiger partial charge in [-0.05, 0) is 39.1 Å². The van der Waals surface area contributed by atoms with Crippen molar-refractivity contribution in [3.63, 3.8) is 0 Å². The number of nitrogens with one attached hydrogen (secondary N) is 2. The van der Waals surface area contributed by atoms with E-state index >= 15 is 0 Å². The van der Waals surface area contributed by atoms with Crippen molar-refractivity contribution < 1.29 is 4.39 Å². The standard InChI is InChI=1S/C13H19FN4/c1-9(2)18(3)7-6-15-13-16-11-5-4-10(14)8-12(11)17-13/h4-5,8-9H,6-7H2,1-3H3,(H2,15,16,17). The average molecular weight is 250 g/mol. The van der Waals surface area contributed by atoms with Crippen LogP contribution in [0.25, 0.3) is 11.0 Å². The Morgan fingerprint density at radius 3 is 2.94 bits per heavy atom. The fraction of sp³-hybridized carbons (Fsp3) is 0.462. The molecule has 1 heterocycles. The smallest absolute Gasteiger partial charge is 0.201 e. The molecule has 0 aliphatic heterocycles. The molecule has 0 aliphatic carbocycles. The number of aromatic amines is 1. The number of H-pyrrole nitrogens is 1. The van der Waals surface area contributed by atoms with Gasteiger partial charge in [-0.3, -0.25) is 0 Å². The molecule has 2 rings (SSSR count). The fourth-order valence-corrected chi connectivity index (χ4v) is 1.67. The quantitative estimate of drug-likeness (QED) is 0.856. The van der Waals surface area contributed by atoms with Crippen LogP contribution in [0.5, 0.6) is 0 Å². The molecule has 2 N–H and O–H groups in total. The first kappa shape index (κ1) is 12.8. The first-order valence-corrected chi connectivity index (χ1v) is 6.15. The zero-order valence-electron chi connectivity index (χ0n) is 11.0. The summed E-state index contributed by atoms with van der Waals surface area (Å²) < 4.78 is 13.0. The van der Waals surface area contributed by atoms with E-state index in [0.29, 0.717) is 12.0 Å². The van der Waals surface area contributed by atoms with Crippen LogP contribution in [-0.2, 0) is 0 Å². The molecule has 1 aromatic carbocycles. The number of likely N-dealkylation sites (N-methyl/N-ethyl adjacent to an activating group) is 1. The fourth-order valence-electron chi connectivity index (χ4n) is 1.67. The van der Waals surface area contributed by atoms with Gasteiger partial charge in [-0.15, -0.1) is 0 Å². The molecule has 5 heteroatoms. The van der Waals surface area contributed by atoms with Crippen molar-refractivity contribution in [1.82, 2.24) is 14.9 Å². The highest BCUT2D eigenvalue weighted by molar-refractivity contribution is 5.77. The molecule has 18 heavy (non-hydrogen) atoms. The lowest BCUT2D eigenvalue weighted by atomic mass is 10.3. The molecule has 0 atom stereocenters. The summed E-state index contributed by atoms with van der Waals surface area (Å²) in [5.74, 6) is 0.435. The summed E-state index contributed by atoms with van der Waals surface area (Å²) in [5.41, 5.74) is 1.49. The second-order valence-electron chi connectivity index (χ2n) is 4.75. The van der Waals surface area contributed by atoms with Crippen LogP contribution in [0.15, 0.2) is 18.2 Å². The summed E-state index contributed by atoms with van der Waals surface area (Å²) in [6, 6.07) is 5.07. The van der Waals surface area contributed by atoms with Gasteiger partial charge in [-0.2, -0.15) is 0 Å². The van der Waals surface area contributed by atoms with Gasteiger partial charge in [0.05, 0.1) is 11.0 Å². The lowest BCUT2D eigenvalue weighted by molar-refractivity contribution is 0.284. The van der Waals surface area contributed by atoms with E-state index < -0.39 is 0 Å². The molecule has 0 spiro atoms. The molecule has 0 saturated carbocycles. The Labute approximate surface area is 106 Å². The Morgan fingerprint density at radius 2 is 2.22 bits per heavy atom. The summed E-state index contributed by atoms with van der Waals surface area (Å²) in [6.07, 6.45) is 0. The van der Waals surface area contributed by atoms with E-state index in [1.54, 1.807) is 6.07 Å². The minimum atomic E-state index is -0.253. The minimum absolute atomic E-state index is 0.253. The van der Waals surface area contributed by atoms with Crippen LogP contribution >= 0.6 is 0 Å². The number of hydrogen-bond acceptors (Lipinski definition) is 3. The Balaban J connectivity index is 1.96. The monoisotopic (exact) mass is 250 g/mol. The number of anilines is 1. The van der Waals surface area contributed by atoms with Crippen LogP contribution in [0.3, 0.4) is 0 Å². The number of aromatic nitrogens is 2. The topological polar surface area (TPSA) is 44.0 Å². The van der Waals surface area contributed by atoms with Gasteiger partial charge in [-0.1, -0.05) is 0 Å². The number of hydrogen-bond donors (Lipinski definition) is 2. The van der Waals surface area contributed by atoms with Gasteiger partial charge in [0.15, 0.2) is 0 Å². The van der Waals surface area contributed by atoms with E-state index in [4.69, 9.17) is 0 Å². The zero-order valence-corrected chi connectivity index (χ0v) is 11.0. The van der Waals surface area contributed by atoms with Crippen LogP contribution in [0, 0.1) is 5.82 Å². The molecular weight excluding hydrogens is 231 g/mol. The van der Waals surface area contributed by atoms with E-state index in [1.165, 1.54) is 12.1 Å². The van der Waals surface area contributed by atoms with E-state index in [-0.39, 0.29) is 5.82 Å². The maximum Gasteiger partial charge on any atom is 0.201 e. The van der Waals surface area contributed by atoms with Crippen LogP contribution in [0.2, 0.25) is 0 Å². The molecule has 0 aliphatic rings. The highest BCUT2D eigenvalue weighted by atomic mass is 19.1. The van der Waals surface area contributed by atoms with Gasteiger partial charge in [-0.25, -0.2) is 9.37 Å². The second-order valence-corrected chi connectivity index (χ2v) is 4.75. The minimum Gasteiger partial charge on any atom is -0.355 e. The van der Waals surface area contributed by atoms with Crippen LogP contribution in [0.1, 0.15) is 13.8 Å². The molecule has 0 amide bonds. The van der Waals surface area contributed by atoms with Crippen molar-refractivity contribution in [3.8, 4) is 0 Å². The van der Waals surface area contributed by atoms with Gasteiger partial charge in [0.25, 0.3) is 0 Å². The van der Waals surface area contributed by atoms with Crippen molar-refractivity contribution >= 4 is 17.0 Å².